The molecule has 138 valence electrons. The summed E-state index contributed by atoms with van der Waals surface area (Å²) in [5.41, 5.74) is 1.87. The van der Waals surface area contributed by atoms with Crippen molar-refractivity contribution in [1.29, 1.82) is 0 Å². The Balaban J connectivity index is 0.00000243. The van der Waals surface area contributed by atoms with Gasteiger partial charge in [0, 0.05) is 22.5 Å². The molecule has 1 heterocycles. The highest BCUT2D eigenvalue weighted by Crippen LogP contribution is 2.33. The lowest BCUT2D eigenvalue weighted by atomic mass is 10.1. The van der Waals surface area contributed by atoms with Crippen LogP contribution in [0.4, 0.5) is 24.5 Å². The fourth-order valence-corrected chi connectivity index (χ4v) is 2.63. The van der Waals surface area contributed by atoms with Gasteiger partial charge in [-0.15, -0.1) is 12.4 Å². The van der Waals surface area contributed by atoms with Gasteiger partial charge in [-0.3, -0.25) is 4.98 Å². The number of halogens is 4. The Hall–Kier alpha value is -2.47. The number of hydrogen-bond acceptors (Lipinski definition) is 3. The van der Waals surface area contributed by atoms with Crippen LogP contribution >= 0.6 is 12.4 Å². The molecule has 1 aromatic heterocycles. The Labute approximate surface area is 155 Å². The number of pyridine rings is 1. The summed E-state index contributed by atoms with van der Waals surface area (Å²) in [6, 6.07) is 12.4. The Morgan fingerprint density at radius 3 is 2.54 bits per heavy atom. The first-order valence-corrected chi connectivity index (χ1v) is 7.85. The standard InChI is InChI=1S/C19H17F3N2O.ClH/c1-3-25-15-7-8-17-16(11-15)18(9-12(2)23-17)24-14-6-4-5-13(10-14)19(20,21)22;/h4-11H,3H2,1-2H3,(H,23,24);1H. The predicted octanol–water partition coefficient (Wildman–Crippen LogP) is 6.13. The molecule has 0 unspecified atom stereocenters. The Bertz CT molecular complexity index is 913. The summed E-state index contributed by atoms with van der Waals surface area (Å²) in [5.74, 6) is 0.688. The highest BCUT2D eigenvalue weighted by atomic mass is 35.5. The summed E-state index contributed by atoms with van der Waals surface area (Å²) in [4.78, 5) is 4.46. The smallest absolute Gasteiger partial charge is 0.416 e. The summed E-state index contributed by atoms with van der Waals surface area (Å²) < 4.78 is 44.2. The highest BCUT2D eigenvalue weighted by molar-refractivity contribution is 5.94. The van der Waals surface area contributed by atoms with E-state index in [0.29, 0.717) is 23.7 Å². The van der Waals surface area contributed by atoms with Crippen LogP contribution < -0.4 is 10.1 Å². The van der Waals surface area contributed by atoms with Gasteiger partial charge in [-0.1, -0.05) is 6.07 Å². The first kappa shape index (κ1) is 19.8. The molecule has 7 heteroatoms. The molecule has 26 heavy (non-hydrogen) atoms. The number of ether oxygens (including phenoxy) is 1. The third kappa shape index (κ3) is 4.38. The summed E-state index contributed by atoms with van der Waals surface area (Å²) in [5, 5.41) is 3.86. The molecule has 0 amide bonds. The molecule has 0 radical (unpaired) electrons. The van der Waals surface area contributed by atoms with Crippen molar-refractivity contribution in [2.24, 2.45) is 0 Å². The fraction of sp³-hybridized carbons (Fsp3) is 0.211. The van der Waals surface area contributed by atoms with Crippen LogP contribution in [0.15, 0.2) is 48.5 Å². The maximum absolute atomic E-state index is 12.9. The monoisotopic (exact) mass is 382 g/mol. The molecule has 0 aliphatic carbocycles. The van der Waals surface area contributed by atoms with E-state index in [0.717, 1.165) is 28.7 Å². The van der Waals surface area contributed by atoms with Gasteiger partial charge in [0.15, 0.2) is 0 Å². The summed E-state index contributed by atoms with van der Waals surface area (Å²) >= 11 is 0. The maximum atomic E-state index is 12.9. The number of nitrogens with one attached hydrogen (secondary N) is 1. The topological polar surface area (TPSA) is 34.1 Å². The van der Waals surface area contributed by atoms with Gasteiger partial charge in [-0.25, -0.2) is 0 Å². The van der Waals surface area contributed by atoms with E-state index in [4.69, 9.17) is 4.74 Å². The number of rotatable bonds is 4. The van der Waals surface area contributed by atoms with E-state index in [1.54, 1.807) is 12.1 Å². The molecule has 0 atom stereocenters. The van der Waals surface area contributed by atoms with Gasteiger partial charge in [-0.2, -0.15) is 13.2 Å². The Morgan fingerprint density at radius 2 is 1.85 bits per heavy atom. The lowest BCUT2D eigenvalue weighted by molar-refractivity contribution is -0.137. The SMILES string of the molecule is CCOc1ccc2nc(C)cc(Nc3cccc(C(F)(F)F)c3)c2c1.Cl. The van der Waals surface area contributed by atoms with Gasteiger partial charge in [0.25, 0.3) is 0 Å². The molecular weight excluding hydrogens is 365 g/mol. The van der Waals surface area contributed by atoms with Crippen LogP contribution in [0.3, 0.4) is 0 Å². The average Bonchev–Trinajstić information content (AvgIpc) is 2.55. The number of nitrogens with zero attached hydrogens (tertiary/aromatic N) is 1. The van der Waals surface area contributed by atoms with Crippen molar-refractivity contribution in [2.75, 3.05) is 11.9 Å². The second-order valence-electron chi connectivity index (χ2n) is 5.63. The van der Waals surface area contributed by atoms with E-state index >= 15 is 0 Å². The van der Waals surface area contributed by atoms with E-state index in [1.807, 2.05) is 32.0 Å². The minimum absolute atomic E-state index is 0. The lowest BCUT2D eigenvalue weighted by Crippen LogP contribution is -2.05. The minimum Gasteiger partial charge on any atom is -0.494 e. The molecule has 0 aliphatic rings. The van der Waals surface area contributed by atoms with Crippen LogP contribution in [0.5, 0.6) is 5.75 Å². The summed E-state index contributed by atoms with van der Waals surface area (Å²) in [6.45, 7) is 4.26. The fourth-order valence-electron chi connectivity index (χ4n) is 2.63. The largest absolute Gasteiger partial charge is 0.494 e. The van der Waals surface area contributed by atoms with Gasteiger partial charge in [-0.05, 0) is 56.3 Å². The van der Waals surface area contributed by atoms with E-state index in [9.17, 15) is 13.2 Å². The molecule has 3 rings (SSSR count). The molecule has 0 bridgehead atoms. The van der Waals surface area contributed by atoms with Crippen molar-refractivity contribution in [2.45, 2.75) is 20.0 Å². The molecule has 0 spiro atoms. The van der Waals surface area contributed by atoms with Gasteiger partial charge in [0.05, 0.1) is 17.7 Å². The van der Waals surface area contributed by atoms with Crippen LogP contribution in [0, 0.1) is 6.92 Å². The Morgan fingerprint density at radius 1 is 1.08 bits per heavy atom. The van der Waals surface area contributed by atoms with Crippen LogP contribution in [-0.4, -0.2) is 11.6 Å². The third-order valence-electron chi connectivity index (χ3n) is 3.69. The second-order valence-corrected chi connectivity index (χ2v) is 5.63. The molecule has 0 saturated heterocycles. The summed E-state index contributed by atoms with van der Waals surface area (Å²) in [7, 11) is 0. The van der Waals surface area contributed by atoms with E-state index in [1.165, 1.54) is 6.07 Å². The number of benzene rings is 2. The van der Waals surface area contributed by atoms with Crippen LogP contribution in [0.2, 0.25) is 0 Å². The molecule has 3 aromatic rings. The zero-order chi connectivity index (χ0) is 18.0. The molecule has 2 aromatic carbocycles. The predicted molar refractivity (Wildman–Crippen MR) is 99.6 cm³/mol. The third-order valence-corrected chi connectivity index (χ3v) is 3.69. The van der Waals surface area contributed by atoms with Crippen molar-refractivity contribution >= 4 is 34.7 Å². The van der Waals surface area contributed by atoms with E-state index in [2.05, 4.69) is 10.3 Å². The van der Waals surface area contributed by atoms with Gasteiger partial charge >= 0.3 is 6.18 Å². The second kappa shape index (κ2) is 7.83. The van der Waals surface area contributed by atoms with Crippen LogP contribution in [0.25, 0.3) is 10.9 Å². The van der Waals surface area contributed by atoms with Crippen molar-refractivity contribution in [3.05, 3.63) is 59.8 Å². The molecular formula is C19H18ClF3N2O. The average molecular weight is 383 g/mol. The number of aryl methyl sites for hydroxylation is 1. The highest BCUT2D eigenvalue weighted by Gasteiger charge is 2.30. The first-order valence-electron chi connectivity index (χ1n) is 7.85. The van der Waals surface area contributed by atoms with E-state index in [-0.39, 0.29) is 12.4 Å². The minimum atomic E-state index is -4.38. The molecule has 0 saturated carbocycles. The maximum Gasteiger partial charge on any atom is 0.416 e. The summed E-state index contributed by atoms with van der Waals surface area (Å²) in [6.07, 6.45) is -4.38. The normalized spacial score (nSPS) is 11.1. The van der Waals surface area contributed by atoms with Crippen molar-refractivity contribution in [1.82, 2.24) is 4.98 Å². The van der Waals surface area contributed by atoms with Crippen molar-refractivity contribution in [3.63, 3.8) is 0 Å². The molecule has 3 nitrogen and oxygen atoms in total. The van der Waals surface area contributed by atoms with Gasteiger partial charge < -0.3 is 10.1 Å². The van der Waals surface area contributed by atoms with Crippen LogP contribution in [0.1, 0.15) is 18.2 Å². The number of hydrogen-bond donors (Lipinski definition) is 1. The van der Waals surface area contributed by atoms with Gasteiger partial charge in [0.2, 0.25) is 0 Å². The van der Waals surface area contributed by atoms with Gasteiger partial charge in [0.1, 0.15) is 5.75 Å². The molecule has 1 N–H and O–H groups in total. The zero-order valence-corrected chi connectivity index (χ0v) is 15.0. The number of anilines is 2. The first-order chi connectivity index (χ1) is 11.9. The van der Waals surface area contributed by atoms with Crippen LogP contribution in [-0.2, 0) is 6.18 Å². The van der Waals surface area contributed by atoms with Crippen molar-refractivity contribution in [3.8, 4) is 5.75 Å². The quantitative estimate of drug-likeness (QED) is 0.589. The number of aromatic nitrogens is 1. The Kier molecular flexibility index (Phi) is 5.97. The van der Waals surface area contributed by atoms with Crippen molar-refractivity contribution < 1.29 is 17.9 Å². The zero-order valence-electron chi connectivity index (χ0n) is 14.2. The van der Waals surface area contributed by atoms with E-state index < -0.39 is 11.7 Å². The number of alkyl halides is 3. The molecule has 0 fully saturated rings. The lowest BCUT2D eigenvalue weighted by Gasteiger charge is -2.14. The number of fused-ring (bicyclic) bond motifs is 1. The molecule has 0 aliphatic heterocycles.